The highest BCUT2D eigenvalue weighted by molar-refractivity contribution is 5.32. The molecule has 0 aromatic heterocycles. The van der Waals surface area contributed by atoms with Crippen molar-refractivity contribution in [2.45, 2.75) is 46.6 Å². The summed E-state index contributed by atoms with van der Waals surface area (Å²) in [7, 11) is 0. The van der Waals surface area contributed by atoms with Gasteiger partial charge in [0, 0.05) is 6.61 Å². The Balaban J connectivity index is 2.34. The predicted octanol–water partition coefficient (Wildman–Crippen LogP) is 3.76. The van der Waals surface area contributed by atoms with Crippen LogP contribution < -0.4 is 5.73 Å². The molecule has 18 heavy (non-hydrogen) atoms. The summed E-state index contributed by atoms with van der Waals surface area (Å²) in [6.07, 6.45) is 2.34. The first-order valence-corrected chi connectivity index (χ1v) is 6.91. The van der Waals surface area contributed by atoms with E-state index in [0.717, 1.165) is 18.9 Å². The third-order valence-corrected chi connectivity index (χ3v) is 3.19. The zero-order valence-electron chi connectivity index (χ0n) is 12.2. The van der Waals surface area contributed by atoms with Gasteiger partial charge in [0.15, 0.2) is 0 Å². The second kappa shape index (κ2) is 7.55. The molecule has 1 aromatic carbocycles. The SMILES string of the molecule is Cc1ccc(C(N)COCCCC(C)C)c(C)c1. The molecule has 0 aliphatic carbocycles. The van der Waals surface area contributed by atoms with Crippen LogP contribution in [0.4, 0.5) is 0 Å². The molecule has 2 N–H and O–H groups in total. The highest BCUT2D eigenvalue weighted by Gasteiger charge is 2.09. The summed E-state index contributed by atoms with van der Waals surface area (Å²) in [5.41, 5.74) is 9.90. The van der Waals surface area contributed by atoms with Crippen LogP contribution >= 0.6 is 0 Å². The summed E-state index contributed by atoms with van der Waals surface area (Å²) in [4.78, 5) is 0. The molecule has 0 spiro atoms. The van der Waals surface area contributed by atoms with E-state index in [1.54, 1.807) is 0 Å². The Morgan fingerprint density at radius 3 is 2.56 bits per heavy atom. The molecule has 0 bridgehead atoms. The van der Waals surface area contributed by atoms with Crippen molar-refractivity contribution in [2.75, 3.05) is 13.2 Å². The lowest BCUT2D eigenvalue weighted by Gasteiger charge is -2.16. The molecule has 1 aromatic rings. The molecule has 0 saturated heterocycles. The van der Waals surface area contributed by atoms with Crippen molar-refractivity contribution in [3.8, 4) is 0 Å². The lowest BCUT2D eigenvalue weighted by atomic mass is 10.0. The Morgan fingerprint density at radius 1 is 1.22 bits per heavy atom. The van der Waals surface area contributed by atoms with Gasteiger partial charge < -0.3 is 10.5 Å². The normalized spacial score (nSPS) is 13.0. The van der Waals surface area contributed by atoms with Crippen LogP contribution in [0.5, 0.6) is 0 Å². The van der Waals surface area contributed by atoms with Crippen LogP contribution in [0.15, 0.2) is 18.2 Å². The zero-order valence-corrected chi connectivity index (χ0v) is 12.2. The maximum atomic E-state index is 6.16. The maximum Gasteiger partial charge on any atom is 0.0659 e. The van der Waals surface area contributed by atoms with Crippen molar-refractivity contribution in [2.24, 2.45) is 11.7 Å². The molecule has 1 unspecified atom stereocenters. The molecule has 102 valence electrons. The van der Waals surface area contributed by atoms with E-state index >= 15 is 0 Å². The van der Waals surface area contributed by atoms with Gasteiger partial charge >= 0.3 is 0 Å². The molecule has 0 fully saturated rings. The van der Waals surface area contributed by atoms with Gasteiger partial charge in [-0.25, -0.2) is 0 Å². The first-order valence-electron chi connectivity index (χ1n) is 6.91. The van der Waals surface area contributed by atoms with Crippen LogP contribution in [0.2, 0.25) is 0 Å². The van der Waals surface area contributed by atoms with Crippen molar-refractivity contribution in [1.82, 2.24) is 0 Å². The van der Waals surface area contributed by atoms with E-state index in [2.05, 4.69) is 45.9 Å². The van der Waals surface area contributed by atoms with E-state index in [1.165, 1.54) is 23.1 Å². The molecule has 1 rings (SSSR count). The van der Waals surface area contributed by atoms with Gasteiger partial charge in [0.05, 0.1) is 12.6 Å². The second-order valence-electron chi connectivity index (χ2n) is 5.58. The van der Waals surface area contributed by atoms with Crippen LogP contribution in [0.3, 0.4) is 0 Å². The quantitative estimate of drug-likeness (QED) is 0.747. The minimum Gasteiger partial charge on any atom is -0.379 e. The molecule has 0 saturated carbocycles. The van der Waals surface area contributed by atoms with E-state index in [4.69, 9.17) is 10.5 Å². The molecule has 2 heteroatoms. The van der Waals surface area contributed by atoms with Crippen molar-refractivity contribution in [3.05, 3.63) is 34.9 Å². The lowest BCUT2D eigenvalue weighted by molar-refractivity contribution is 0.115. The number of hydrogen-bond donors (Lipinski definition) is 1. The van der Waals surface area contributed by atoms with Gasteiger partial charge in [0.2, 0.25) is 0 Å². The fourth-order valence-corrected chi connectivity index (χ4v) is 2.14. The maximum absolute atomic E-state index is 6.16. The number of hydrogen-bond acceptors (Lipinski definition) is 2. The molecule has 0 heterocycles. The molecule has 0 aliphatic rings. The molecular weight excluding hydrogens is 222 g/mol. The highest BCUT2D eigenvalue weighted by atomic mass is 16.5. The Labute approximate surface area is 112 Å². The van der Waals surface area contributed by atoms with E-state index in [9.17, 15) is 0 Å². The zero-order chi connectivity index (χ0) is 13.5. The summed E-state index contributed by atoms with van der Waals surface area (Å²) < 4.78 is 5.66. The van der Waals surface area contributed by atoms with Gasteiger partial charge in [-0.3, -0.25) is 0 Å². The van der Waals surface area contributed by atoms with Crippen molar-refractivity contribution >= 4 is 0 Å². The summed E-state index contributed by atoms with van der Waals surface area (Å²) >= 11 is 0. The Kier molecular flexibility index (Phi) is 6.37. The van der Waals surface area contributed by atoms with Crippen LogP contribution in [0, 0.1) is 19.8 Å². The van der Waals surface area contributed by atoms with Gasteiger partial charge in [0.1, 0.15) is 0 Å². The molecule has 0 amide bonds. The molecule has 0 aliphatic heterocycles. The summed E-state index contributed by atoms with van der Waals surface area (Å²) in [5, 5.41) is 0. The van der Waals surface area contributed by atoms with Crippen molar-refractivity contribution in [3.63, 3.8) is 0 Å². The van der Waals surface area contributed by atoms with Crippen LogP contribution in [-0.4, -0.2) is 13.2 Å². The van der Waals surface area contributed by atoms with Crippen LogP contribution in [0.25, 0.3) is 0 Å². The van der Waals surface area contributed by atoms with E-state index in [0.29, 0.717) is 6.61 Å². The third-order valence-electron chi connectivity index (χ3n) is 3.19. The topological polar surface area (TPSA) is 35.2 Å². The fourth-order valence-electron chi connectivity index (χ4n) is 2.14. The predicted molar refractivity (Wildman–Crippen MR) is 77.7 cm³/mol. The van der Waals surface area contributed by atoms with Gasteiger partial charge in [-0.1, -0.05) is 37.6 Å². The van der Waals surface area contributed by atoms with Gasteiger partial charge in [0.25, 0.3) is 0 Å². The first-order chi connectivity index (χ1) is 8.50. The van der Waals surface area contributed by atoms with Gasteiger partial charge in [-0.15, -0.1) is 0 Å². The molecule has 0 radical (unpaired) electrons. The lowest BCUT2D eigenvalue weighted by Crippen LogP contribution is -2.18. The third kappa shape index (κ3) is 5.19. The average Bonchev–Trinajstić information content (AvgIpc) is 2.27. The summed E-state index contributed by atoms with van der Waals surface area (Å²) in [5.74, 6) is 0.751. The highest BCUT2D eigenvalue weighted by Crippen LogP contribution is 2.17. The number of aryl methyl sites for hydroxylation is 2. The van der Waals surface area contributed by atoms with Crippen molar-refractivity contribution < 1.29 is 4.74 Å². The Morgan fingerprint density at radius 2 is 1.94 bits per heavy atom. The molecular formula is C16H27NO. The number of benzene rings is 1. The standard InChI is InChI=1S/C16H27NO/c1-12(2)6-5-9-18-11-16(17)15-8-7-13(3)10-14(15)4/h7-8,10,12,16H,5-6,9,11,17H2,1-4H3. The second-order valence-corrected chi connectivity index (χ2v) is 5.58. The van der Waals surface area contributed by atoms with E-state index < -0.39 is 0 Å². The monoisotopic (exact) mass is 249 g/mol. The summed E-state index contributed by atoms with van der Waals surface area (Å²) in [6, 6.07) is 6.39. The van der Waals surface area contributed by atoms with E-state index in [1.807, 2.05) is 0 Å². The fraction of sp³-hybridized carbons (Fsp3) is 0.625. The minimum atomic E-state index is -0.00958. The largest absolute Gasteiger partial charge is 0.379 e. The van der Waals surface area contributed by atoms with E-state index in [-0.39, 0.29) is 6.04 Å². The Bertz CT molecular complexity index is 360. The number of nitrogens with two attached hydrogens (primary N) is 1. The van der Waals surface area contributed by atoms with Gasteiger partial charge in [-0.2, -0.15) is 0 Å². The Hall–Kier alpha value is -0.860. The van der Waals surface area contributed by atoms with Gasteiger partial charge in [-0.05, 0) is 43.7 Å². The number of rotatable bonds is 7. The van der Waals surface area contributed by atoms with Crippen LogP contribution in [-0.2, 0) is 4.74 Å². The number of ether oxygens (including phenoxy) is 1. The minimum absolute atomic E-state index is 0.00958. The summed E-state index contributed by atoms with van der Waals surface area (Å²) in [6.45, 7) is 10.1. The van der Waals surface area contributed by atoms with Crippen molar-refractivity contribution in [1.29, 1.82) is 0 Å². The first kappa shape index (κ1) is 15.2. The smallest absolute Gasteiger partial charge is 0.0659 e. The average molecular weight is 249 g/mol. The van der Waals surface area contributed by atoms with Crippen LogP contribution in [0.1, 0.15) is 49.4 Å². The molecule has 1 atom stereocenters. The molecule has 2 nitrogen and oxygen atoms in total.